The van der Waals surface area contributed by atoms with Crippen LogP contribution in [0.1, 0.15) is 34.7 Å². The third-order valence-corrected chi connectivity index (χ3v) is 6.25. The van der Waals surface area contributed by atoms with E-state index >= 15 is 0 Å². The molecule has 0 unspecified atom stereocenters. The highest BCUT2D eigenvalue weighted by Gasteiger charge is 2.24. The van der Waals surface area contributed by atoms with Crippen molar-refractivity contribution in [1.29, 1.82) is 0 Å². The van der Waals surface area contributed by atoms with Crippen LogP contribution in [0.5, 0.6) is 0 Å². The van der Waals surface area contributed by atoms with Gasteiger partial charge in [0.15, 0.2) is 0 Å². The number of aromatic nitrogens is 3. The number of rotatable bonds is 5. The fraction of sp³-hybridized carbons (Fsp3) is 0.474. The van der Waals surface area contributed by atoms with Crippen LogP contribution in [0.15, 0.2) is 9.32 Å². The van der Waals surface area contributed by atoms with Gasteiger partial charge >= 0.3 is 5.97 Å². The maximum absolute atomic E-state index is 12.8. The Morgan fingerprint density at radius 2 is 2.21 bits per heavy atom. The Morgan fingerprint density at radius 3 is 2.93 bits per heavy atom. The van der Waals surface area contributed by atoms with Crippen molar-refractivity contribution in [2.75, 3.05) is 20.2 Å². The quantitative estimate of drug-likeness (QED) is 0.655. The van der Waals surface area contributed by atoms with E-state index in [1.807, 2.05) is 13.8 Å². The summed E-state index contributed by atoms with van der Waals surface area (Å²) in [7, 11) is 1.41. The molecule has 3 aromatic rings. The van der Waals surface area contributed by atoms with E-state index in [-0.39, 0.29) is 11.5 Å². The molecule has 0 aromatic carbocycles. The lowest BCUT2D eigenvalue weighted by atomic mass is 10.0. The molecule has 9 heteroatoms. The molecule has 0 aliphatic carbocycles. The summed E-state index contributed by atoms with van der Waals surface area (Å²) < 4.78 is 9.91. The standard InChI is InChI=1S/C19H22N4O4S/c1-10-15(11(2)27-22-10)17-20-18(25)16-12-6-8-23(7-4-5-14(24)26-3)9-13(12)28-19(16)21-17/h4-9H2,1-3H3,(H,20,21,25). The van der Waals surface area contributed by atoms with Crippen molar-refractivity contribution in [1.82, 2.24) is 20.0 Å². The number of methoxy groups -OCH3 is 1. The third-order valence-electron chi connectivity index (χ3n) is 5.14. The first-order valence-corrected chi connectivity index (χ1v) is 10.1. The van der Waals surface area contributed by atoms with Crippen molar-refractivity contribution >= 4 is 27.5 Å². The smallest absolute Gasteiger partial charge is 0.305 e. The van der Waals surface area contributed by atoms with Gasteiger partial charge in [0.1, 0.15) is 16.4 Å². The molecule has 1 aliphatic rings. The summed E-state index contributed by atoms with van der Waals surface area (Å²) in [5.74, 6) is 0.961. The van der Waals surface area contributed by atoms with Crippen LogP contribution in [0.3, 0.4) is 0 Å². The summed E-state index contributed by atoms with van der Waals surface area (Å²) in [6.45, 7) is 6.12. The number of nitrogens with zero attached hydrogens (tertiary/aromatic N) is 3. The van der Waals surface area contributed by atoms with E-state index in [4.69, 9.17) is 14.2 Å². The number of hydrogen-bond donors (Lipinski definition) is 1. The van der Waals surface area contributed by atoms with Crippen LogP contribution in [0, 0.1) is 13.8 Å². The molecule has 4 heterocycles. The molecule has 28 heavy (non-hydrogen) atoms. The second-order valence-electron chi connectivity index (χ2n) is 7.00. The largest absolute Gasteiger partial charge is 0.469 e. The van der Waals surface area contributed by atoms with Gasteiger partial charge in [0.2, 0.25) is 0 Å². The highest BCUT2D eigenvalue weighted by Crippen LogP contribution is 2.34. The molecule has 0 amide bonds. The van der Waals surface area contributed by atoms with E-state index in [1.165, 1.54) is 12.0 Å². The maximum Gasteiger partial charge on any atom is 0.305 e. The zero-order chi connectivity index (χ0) is 19.8. The van der Waals surface area contributed by atoms with Crippen molar-refractivity contribution in [3.63, 3.8) is 0 Å². The normalized spacial score (nSPS) is 14.4. The van der Waals surface area contributed by atoms with Gasteiger partial charge in [-0.25, -0.2) is 4.98 Å². The zero-order valence-corrected chi connectivity index (χ0v) is 16.9. The van der Waals surface area contributed by atoms with Crippen LogP contribution < -0.4 is 5.56 Å². The van der Waals surface area contributed by atoms with Gasteiger partial charge < -0.3 is 14.2 Å². The number of thiophene rings is 1. The van der Waals surface area contributed by atoms with E-state index in [2.05, 4.69) is 15.0 Å². The Balaban J connectivity index is 1.61. The molecule has 1 aliphatic heterocycles. The Kier molecular flexibility index (Phi) is 5.03. The predicted molar refractivity (Wildman–Crippen MR) is 105 cm³/mol. The van der Waals surface area contributed by atoms with Crippen LogP contribution in [0.25, 0.3) is 21.6 Å². The number of carbonyl (C=O) groups excluding carboxylic acids is 1. The van der Waals surface area contributed by atoms with Crippen molar-refractivity contribution in [3.8, 4) is 11.4 Å². The highest BCUT2D eigenvalue weighted by atomic mass is 32.1. The zero-order valence-electron chi connectivity index (χ0n) is 16.1. The fourth-order valence-corrected chi connectivity index (χ4v) is 5.00. The molecule has 1 N–H and O–H groups in total. The Bertz CT molecular complexity index is 1080. The number of H-pyrrole nitrogens is 1. The summed E-state index contributed by atoms with van der Waals surface area (Å²) >= 11 is 1.57. The average molecular weight is 402 g/mol. The molecule has 4 rings (SSSR count). The second-order valence-corrected chi connectivity index (χ2v) is 8.09. The van der Waals surface area contributed by atoms with Gasteiger partial charge in [-0.05, 0) is 38.8 Å². The van der Waals surface area contributed by atoms with Gasteiger partial charge in [0, 0.05) is 24.4 Å². The lowest BCUT2D eigenvalue weighted by Crippen LogP contribution is -2.31. The molecule has 148 valence electrons. The molecule has 0 fully saturated rings. The van der Waals surface area contributed by atoms with E-state index in [0.29, 0.717) is 29.1 Å². The maximum atomic E-state index is 12.8. The lowest BCUT2D eigenvalue weighted by Gasteiger charge is -2.26. The van der Waals surface area contributed by atoms with Crippen LogP contribution in [-0.2, 0) is 22.5 Å². The van der Waals surface area contributed by atoms with Gasteiger partial charge in [-0.2, -0.15) is 0 Å². The number of nitrogens with one attached hydrogen (secondary N) is 1. The Hall–Kier alpha value is -2.52. The molecular weight excluding hydrogens is 380 g/mol. The second kappa shape index (κ2) is 7.48. The van der Waals surface area contributed by atoms with E-state index in [9.17, 15) is 9.59 Å². The molecule has 0 atom stereocenters. The minimum absolute atomic E-state index is 0.114. The summed E-state index contributed by atoms with van der Waals surface area (Å²) in [6, 6.07) is 0. The minimum atomic E-state index is -0.179. The highest BCUT2D eigenvalue weighted by molar-refractivity contribution is 7.18. The Morgan fingerprint density at radius 1 is 1.39 bits per heavy atom. The summed E-state index contributed by atoms with van der Waals surface area (Å²) in [5.41, 5.74) is 2.44. The van der Waals surface area contributed by atoms with Crippen LogP contribution in [0.4, 0.5) is 0 Å². The number of aromatic amines is 1. The minimum Gasteiger partial charge on any atom is -0.469 e. The number of fused-ring (bicyclic) bond motifs is 3. The number of ether oxygens (including phenoxy) is 1. The fourth-order valence-electron chi connectivity index (χ4n) is 3.73. The molecule has 0 saturated heterocycles. The van der Waals surface area contributed by atoms with Crippen molar-refractivity contribution < 1.29 is 14.1 Å². The number of aryl methyl sites for hydroxylation is 2. The topological polar surface area (TPSA) is 101 Å². The molecule has 0 bridgehead atoms. The average Bonchev–Trinajstić information content (AvgIpc) is 3.20. The van der Waals surface area contributed by atoms with Crippen LogP contribution in [-0.4, -0.2) is 46.2 Å². The molecule has 0 spiro atoms. The molecular formula is C19H22N4O4S. The van der Waals surface area contributed by atoms with Crippen molar-refractivity contribution in [3.05, 3.63) is 32.2 Å². The van der Waals surface area contributed by atoms with Crippen molar-refractivity contribution in [2.24, 2.45) is 0 Å². The lowest BCUT2D eigenvalue weighted by molar-refractivity contribution is -0.140. The summed E-state index contributed by atoms with van der Waals surface area (Å²) in [6.07, 6.45) is 2.00. The van der Waals surface area contributed by atoms with Crippen molar-refractivity contribution in [2.45, 2.75) is 39.7 Å². The first-order valence-electron chi connectivity index (χ1n) is 9.25. The first kappa shape index (κ1) is 18.8. The SMILES string of the molecule is COC(=O)CCCN1CCc2c(sc3nc(-c4c(C)noc4C)[nH]c(=O)c23)C1. The van der Waals surface area contributed by atoms with E-state index < -0.39 is 0 Å². The molecule has 0 saturated carbocycles. The van der Waals surface area contributed by atoms with Crippen LogP contribution >= 0.6 is 11.3 Å². The summed E-state index contributed by atoms with van der Waals surface area (Å²) in [4.78, 5) is 35.9. The van der Waals surface area contributed by atoms with Gasteiger partial charge in [0.05, 0.1) is 23.8 Å². The molecule has 8 nitrogen and oxygen atoms in total. The third kappa shape index (κ3) is 3.35. The predicted octanol–water partition coefficient (Wildman–Crippen LogP) is 2.57. The molecule has 0 radical (unpaired) electrons. The molecule has 3 aromatic heterocycles. The summed E-state index contributed by atoms with van der Waals surface area (Å²) in [5, 5.41) is 4.65. The van der Waals surface area contributed by atoms with E-state index in [0.717, 1.165) is 48.4 Å². The number of carbonyl (C=O) groups is 1. The number of esters is 1. The van der Waals surface area contributed by atoms with Gasteiger partial charge in [0.25, 0.3) is 5.56 Å². The first-order chi connectivity index (χ1) is 13.5. The van der Waals surface area contributed by atoms with Crippen LogP contribution in [0.2, 0.25) is 0 Å². The van der Waals surface area contributed by atoms with E-state index in [1.54, 1.807) is 11.3 Å². The van der Waals surface area contributed by atoms with Gasteiger partial charge in [-0.1, -0.05) is 5.16 Å². The van der Waals surface area contributed by atoms with Gasteiger partial charge in [-0.15, -0.1) is 11.3 Å². The van der Waals surface area contributed by atoms with Gasteiger partial charge in [-0.3, -0.25) is 14.5 Å². The Labute approximate surface area is 165 Å². The monoisotopic (exact) mass is 402 g/mol. The number of hydrogen-bond acceptors (Lipinski definition) is 8.